The maximum absolute atomic E-state index is 12.4. The highest BCUT2D eigenvalue weighted by Gasteiger charge is 2.34. The maximum Gasteiger partial charge on any atom is 0.339 e. The van der Waals surface area contributed by atoms with E-state index in [0.29, 0.717) is 16.2 Å². The minimum atomic E-state index is -0.431. The summed E-state index contributed by atoms with van der Waals surface area (Å²) in [6, 6.07) is 9.04. The second kappa shape index (κ2) is 7.79. The van der Waals surface area contributed by atoms with Crippen molar-refractivity contribution in [3.63, 3.8) is 0 Å². The Kier molecular flexibility index (Phi) is 5.43. The number of aryl methyl sites for hydroxylation is 1. The lowest BCUT2D eigenvalue weighted by Gasteiger charge is -2.13. The zero-order valence-corrected chi connectivity index (χ0v) is 16.5. The fourth-order valence-electron chi connectivity index (χ4n) is 3.12. The zero-order valence-electron chi connectivity index (χ0n) is 15.7. The van der Waals surface area contributed by atoms with E-state index in [2.05, 4.69) is 5.92 Å². The number of terminal acetylenes is 1. The number of nitrogens with zero attached hydrogens (tertiary/aromatic N) is 2. The highest BCUT2D eigenvalue weighted by Crippen LogP contribution is 2.33. The van der Waals surface area contributed by atoms with Crippen LogP contribution in [-0.4, -0.2) is 40.2 Å². The molecule has 0 radical (unpaired) electrons. The maximum atomic E-state index is 12.4. The predicted molar refractivity (Wildman–Crippen MR) is 108 cm³/mol. The van der Waals surface area contributed by atoms with Crippen LogP contribution in [0, 0.1) is 26.2 Å². The Morgan fingerprint density at radius 3 is 2.68 bits per heavy atom. The van der Waals surface area contributed by atoms with Gasteiger partial charge in [0.15, 0.2) is 0 Å². The normalized spacial score (nSPS) is 15.2. The first kappa shape index (κ1) is 19.5. The van der Waals surface area contributed by atoms with Gasteiger partial charge in [-0.3, -0.25) is 14.5 Å². The van der Waals surface area contributed by atoms with Crippen LogP contribution in [0.25, 0.3) is 11.8 Å². The summed E-state index contributed by atoms with van der Waals surface area (Å²) in [6.45, 7) is 3.74. The molecular weight excluding hydrogens is 376 g/mol. The molecule has 0 N–H and O–H groups in total. The van der Waals surface area contributed by atoms with Crippen LogP contribution in [0.4, 0.5) is 4.79 Å². The Morgan fingerprint density at radius 1 is 1.29 bits per heavy atom. The van der Waals surface area contributed by atoms with Gasteiger partial charge < -0.3 is 9.30 Å². The molecular formula is C21H18N2O4S. The fourth-order valence-corrected chi connectivity index (χ4v) is 3.95. The van der Waals surface area contributed by atoms with Crippen LogP contribution in [0.3, 0.4) is 0 Å². The number of thioether (sulfide) groups is 1. The summed E-state index contributed by atoms with van der Waals surface area (Å²) in [5.74, 6) is 1.49. The van der Waals surface area contributed by atoms with Crippen LogP contribution in [0.2, 0.25) is 0 Å². The number of carbonyl (C=O) groups excluding carboxylic acids is 3. The van der Waals surface area contributed by atoms with Gasteiger partial charge in [-0.15, -0.1) is 6.42 Å². The van der Waals surface area contributed by atoms with Gasteiger partial charge in [0.05, 0.1) is 29.8 Å². The lowest BCUT2D eigenvalue weighted by atomic mass is 10.1. The van der Waals surface area contributed by atoms with Crippen molar-refractivity contribution in [1.29, 1.82) is 0 Å². The molecule has 2 amide bonds. The molecule has 1 aliphatic heterocycles. The Bertz CT molecular complexity index is 1060. The molecule has 28 heavy (non-hydrogen) atoms. The minimum absolute atomic E-state index is 0.0481. The lowest BCUT2D eigenvalue weighted by molar-refractivity contribution is -0.122. The van der Waals surface area contributed by atoms with Gasteiger partial charge in [0.2, 0.25) is 0 Å². The molecule has 3 rings (SSSR count). The van der Waals surface area contributed by atoms with Crippen molar-refractivity contribution in [3.05, 3.63) is 57.8 Å². The van der Waals surface area contributed by atoms with E-state index in [9.17, 15) is 14.4 Å². The van der Waals surface area contributed by atoms with Crippen molar-refractivity contribution in [2.75, 3.05) is 13.7 Å². The summed E-state index contributed by atoms with van der Waals surface area (Å²) < 4.78 is 6.80. The topological polar surface area (TPSA) is 68.6 Å². The molecule has 142 valence electrons. The first-order valence-corrected chi connectivity index (χ1v) is 9.26. The summed E-state index contributed by atoms with van der Waals surface area (Å²) in [4.78, 5) is 37.9. The quantitative estimate of drug-likeness (QED) is 0.451. The Hall–Kier alpha value is -3.24. The monoisotopic (exact) mass is 394 g/mol. The SMILES string of the molecule is C#CCN1C(=O)S/C(=C/c2cc(C)n(-c3ccccc3C(=O)OC)c2C)C1=O. The van der Waals surface area contributed by atoms with Gasteiger partial charge in [0, 0.05) is 11.4 Å². The van der Waals surface area contributed by atoms with Crippen LogP contribution in [0.15, 0.2) is 35.2 Å². The zero-order chi connectivity index (χ0) is 20.4. The first-order chi connectivity index (χ1) is 13.4. The van der Waals surface area contributed by atoms with Crippen LogP contribution in [-0.2, 0) is 9.53 Å². The van der Waals surface area contributed by atoms with Crippen molar-refractivity contribution in [1.82, 2.24) is 9.47 Å². The molecule has 2 heterocycles. The smallest absolute Gasteiger partial charge is 0.339 e. The number of methoxy groups -OCH3 is 1. The minimum Gasteiger partial charge on any atom is -0.465 e. The molecule has 0 atom stereocenters. The molecule has 1 aromatic heterocycles. The third-order valence-electron chi connectivity index (χ3n) is 4.43. The molecule has 0 unspecified atom stereocenters. The number of aromatic nitrogens is 1. The van der Waals surface area contributed by atoms with E-state index < -0.39 is 11.9 Å². The third kappa shape index (κ3) is 3.35. The van der Waals surface area contributed by atoms with Crippen molar-refractivity contribution >= 4 is 35.0 Å². The van der Waals surface area contributed by atoms with Gasteiger partial charge in [-0.25, -0.2) is 4.79 Å². The molecule has 1 saturated heterocycles. The molecule has 0 aliphatic carbocycles. The van der Waals surface area contributed by atoms with Gasteiger partial charge >= 0.3 is 5.97 Å². The first-order valence-electron chi connectivity index (χ1n) is 8.44. The summed E-state index contributed by atoms with van der Waals surface area (Å²) in [5.41, 5.74) is 3.61. The lowest BCUT2D eigenvalue weighted by Crippen LogP contribution is -2.28. The average molecular weight is 394 g/mol. The number of ether oxygens (including phenoxy) is 1. The van der Waals surface area contributed by atoms with Crippen molar-refractivity contribution in [2.45, 2.75) is 13.8 Å². The molecule has 1 aliphatic rings. The predicted octanol–water partition coefficient (Wildman–Crippen LogP) is 3.55. The van der Waals surface area contributed by atoms with Crippen LogP contribution >= 0.6 is 11.8 Å². The summed E-state index contributed by atoms with van der Waals surface area (Å²) in [7, 11) is 1.34. The Morgan fingerprint density at radius 2 is 2.00 bits per heavy atom. The van der Waals surface area contributed by atoms with Crippen molar-refractivity contribution in [3.8, 4) is 18.0 Å². The van der Waals surface area contributed by atoms with E-state index in [1.54, 1.807) is 18.2 Å². The van der Waals surface area contributed by atoms with Crippen LogP contribution in [0.1, 0.15) is 27.3 Å². The molecule has 1 aromatic carbocycles. The second-order valence-electron chi connectivity index (χ2n) is 6.14. The Balaban J connectivity index is 2.06. The van der Waals surface area contributed by atoms with Crippen molar-refractivity contribution in [2.24, 2.45) is 0 Å². The number of hydrogen-bond donors (Lipinski definition) is 0. The van der Waals surface area contributed by atoms with Gasteiger partial charge in [-0.2, -0.15) is 0 Å². The number of carbonyl (C=O) groups is 3. The average Bonchev–Trinajstić information content (AvgIpc) is 3.11. The van der Waals surface area contributed by atoms with E-state index in [0.717, 1.165) is 33.6 Å². The number of imide groups is 1. The summed E-state index contributed by atoms with van der Waals surface area (Å²) in [6.07, 6.45) is 6.91. The standard InChI is InChI=1S/C21H18N2O4S/c1-5-10-22-19(24)18(28-21(22)26)12-15-11-13(2)23(14(15)3)17-9-7-6-8-16(17)20(25)27-4/h1,6-9,11-12H,10H2,2-4H3/b18-12+. The summed E-state index contributed by atoms with van der Waals surface area (Å²) >= 11 is 0.867. The van der Waals surface area contributed by atoms with E-state index >= 15 is 0 Å². The molecule has 0 spiro atoms. The fraction of sp³-hybridized carbons (Fsp3) is 0.190. The van der Waals surface area contributed by atoms with Gasteiger partial charge in [0.1, 0.15) is 0 Å². The number of amides is 2. The third-order valence-corrected chi connectivity index (χ3v) is 5.34. The summed E-state index contributed by atoms with van der Waals surface area (Å²) in [5, 5.41) is -0.376. The molecule has 0 saturated carbocycles. The highest BCUT2D eigenvalue weighted by molar-refractivity contribution is 8.18. The number of rotatable bonds is 4. The number of esters is 1. The van der Waals surface area contributed by atoms with E-state index in [1.807, 2.05) is 36.6 Å². The van der Waals surface area contributed by atoms with E-state index in [4.69, 9.17) is 11.2 Å². The highest BCUT2D eigenvalue weighted by atomic mass is 32.2. The van der Waals surface area contributed by atoms with E-state index in [1.165, 1.54) is 7.11 Å². The van der Waals surface area contributed by atoms with Crippen LogP contribution in [0.5, 0.6) is 0 Å². The van der Waals surface area contributed by atoms with Gasteiger partial charge in [-0.1, -0.05) is 18.1 Å². The molecule has 0 bridgehead atoms. The number of benzene rings is 1. The largest absolute Gasteiger partial charge is 0.465 e. The number of hydrogen-bond acceptors (Lipinski definition) is 5. The van der Waals surface area contributed by atoms with E-state index in [-0.39, 0.29) is 11.8 Å². The molecule has 1 fully saturated rings. The molecule has 7 heteroatoms. The Labute approximate surface area is 167 Å². The molecule has 6 nitrogen and oxygen atoms in total. The number of para-hydroxylation sites is 1. The van der Waals surface area contributed by atoms with Gasteiger partial charge in [0.25, 0.3) is 11.1 Å². The van der Waals surface area contributed by atoms with Gasteiger partial charge in [-0.05, 0) is 55.4 Å². The van der Waals surface area contributed by atoms with Crippen molar-refractivity contribution < 1.29 is 19.1 Å². The molecule has 2 aromatic rings. The van der Waals surface area contributed by atoms with Crippen LogP contribution < -0.4 is 0 Å². The second-order valence-corrected chi connectivity index (χ2v) is 7.14.